The van der Waals surface area contributed by atoms with Crippen LogP contribution in [0.5, 0.6) is 0 Å². The van der Waals surface area contributed by atoms with Crippen molar-refractivity contribution in [3.63, 3.8) is 0 Å². The van der Waals surface area contributed by atoms with Gasteiger partial charge in [-0.2, -0.15) is 0 Å². The first-order chi connectivity index (χ1) is 9.08. The van der Waals surface area contributed by atoms with E-state index in [2.05, 4.69) is 13.5 Å². The second-order valence-corrected chi connectivity index (χ2v) is 9.77. The third-order valence-electron chi connectivity index (χ3n) is 3.39. The summed E-state index contributed by atoms with van der Waals surface area (Å²) < 4.78 is 10.8. The largest absolute Gasteiger partial charge is 0.398 e. The molecule has 114 valence electrons. The smallest absolute Gasteiger partial charge is 0.334 e. The van der Waals surface area contributed by atoms with Gasteiger partial charge in [-0.15, -0.1) is 0 Å². The van der Waals surface area contributed by atoms with Crippen LogP contribution in [0.25, 0.3) is 0 Å². The van der Waals surface area contributed by atoms with Crippen molar-refractivity contribution in [1.82, 2.24) is 0 Å². The van der Waals surface area contributed by atoms with Gasteiger partial charge in [0.25, 0.3) is 0 Å². The predicted molar refractivity (Wildman–Crippen MR) is 85.9 cm³/mol. The Balaban J connectivity index is 3.48. The second kappa shape index (κ2) is 11.9. The van der Waals surface area contributed by atoms with Gasteiger partial charge in [0.1, 0.15) is 0 Å². The van der Waals surface area contributed by atoms with Gasteiger partial charge in [0, 0.05) is 26.4 Å². The summed E-state index contributed by atoms with van der Waals surface area (Å²) in [5.41, 5.74) is 0. The van der Waals surface area contributed by atoms with Crippen LogP contribution in [-0.4, -0.2) is 33.6 Å². The first kappa shape index (κ1) is 19.2. The number of carbonyl (C=O) groups is 1. The van der Waals surface area contributed by atoms with E-state index in [1.807, 2.05) is 0 Å². The number of unbranched alkanes of at least 4 members (excludes halogenated alkanes) is 4. The Kier molecular flexibility index (Phi) is 12.0. The molecule has 0 rings (SSSR count). The minimum Gasteiger partial charge on any atom is -0.398 e. The number of rotatable bonds is 12. The Morgan fingerprint density at radius 1 is 1.05 bits per heavy atom. The lowest BCUT2D eigenvalue weighted by atomic mass is 10.1. The van der Waals surface area contributed by atoms with E-state index in [0.717, 1.165) is 31.1 Å². The van der Waals surface area contributed by atoms with Gasteiger partial charge in [-0.05, 0) is 25.4 Å². The monoisotopic (exact) mass is 306 g/mol. The SMILES string of the molecule is CCCCCCCC(=O)SCCC[Si](C)(OC)OC. The van der Waals surface area contributed by atoms with Crippen LogP contribution >= 0.6 is 11.8 Å². The van der Waals surface area contributed by atoms with Gasteiger partial charge in [0.05, 0.1) is 0 Å². The van der Waals surface area contributed by atoms with Crippen molar-refractivity contribution in [3.05, 3.63) is 0 Å². The molecule has 3 nitrogen and oxygen atoms in total. The van der Waals surface area contributed by atoms with Crippen molar-refractivity contribution >= 4 is 25.4 Å². The third-order valence-corrected chi connectivity index (χ3v) is 7.39. The number of hydrogen-bond donors (Lipinski definition) is 0. The van der Waals surface area contributed by atoms with E-state index in [1.54, 1.807) is 14.2 Å². The highest BCUT2D eigenvalue weighted by molar-refractivity contribution is 8.13. The van der Waals surface area contributed by atoms with Crippen LogP contribution in [0.2, 0.25) is 12.6 Å². The van der Waals surface area contributed by atoms with Crippen LogP contribution in [0, 0.1) is 0 Å². The van der Waals surface area contributed by atoms with Crippen LogP contribution in [0.4, 0.5) is 0 Å². The van der Waals surface area contributed by atoms with E-state index >= 15 is 0 Å². The number of thioether (sulfide) groups is 1. The molecule has 0 unspecified atom stereocenters. The summed E-state index contributed by atoms with van der Waals surface area (Å²) in [5, 5.41) is 0.342. The van der Waals surface area contributed by atoms with Gasteiger partial charge < -0.3 is 8.85 Å². The van der Waals surface area contributed by atoms with Gasteiger partial charge in [-0.25, -0.2) is 0 Å². The van der Waals surface area contributed by atoms with Gasteiger partial charge in [-0.1, -0.05) is 44.4 Å². The topological polar surface area (TPSA) is 35.5 Å². The van der Waals surface area contributed by atoms with Gasteiger partial charge in [0.2, 0.25) is 0 Å². The molecule has 0 aliphatic rings. The standard InChI is InChI=1S/C14H30O3SSi/c1-5-6-7-8-9-11-14(15)18-12-10-13-19(4,16-2)17-3/h5-13H2,1-4H3. The summed E-state index contributed by atoms with van der Waals surface area (Å²) in [7, 11) is 1.49. The van der Waals surface area contributed by atoms with Gasteiger partial charge >= 0.3 is 8.56 Å². The van der Waals surface area contributed by atoms with Crippen molar-refractivity contribution < 1.29 is 13.6 Å². The molecule has 0 atom stereocenters. The van der Waals surface area contributed by atoms with Crippen molar-refractivity contribution in [1.29, 1.82) is 0 Å². The first-order valence-electron chi connectivity index (χ1n) is 7.34. The van der Waals surface area contributed by atoms with Crippen LogP contribution in [0.15, 0.2) is 0 Å². The fourth-order valence-electron chi connectivity index (χ4n) is 1.81. The maximum Gasteiger partial charge on any atom is 0.334 e. The zero-order valence-electron chi connectivity index (χ0n) is 13.0. The van der Waals surface area contributed by atoms with E-state index in [-0.39, 0.29) is 0 Å². The van der Waals surface area contributed by atoms with Crippen LogP contribution in [0.3, 0.4) is 0 Å². The van der Waals surface area contributed by atoms with Crippen molar-refractivity contribution in [3.8, 4) is 0 Å². The molecule has 0 radical (unpaired) electrons. The number of hydrogen-bond acceptors (Lipinski definition) is 4. The Morgan fingerprint density at radius 3 is 2.26 bits per heavy atom. The zero-order valence-corrected chi connectivity index (χ0v) is 14.8. The average molecular weight is 307 g/mol. The van der Waals surface area contributed by atoms with Crippen LogP contribution in [0.1, 0.15) is 51.9 Å². The molecule has 0 aliphatic heterocycles. The third kappa shape index (κ3) is 10.6. The molecule has 0 saturated heterocycles. The molecule has 0 N–H and O–H groups in total. The van der Waals surface area contributed by atoms with E-state index in [9.17, 15) is 4.79 Å². The minimum atomic E-state index is -1.93. The highest BCUT2D eigenvalue weighted by Gasteiger charge is 2.27. The lowest BCUT2D eigenvalue weighted by molar-refractivity contribution is -0.111. The maximum absolute atomic E-state index is 11.7. The summed E-state index contributed by atoms with van der Waals surface area (Å²) >= 11 is 1.47. The predicted octanol–water partition coefficient (Wildman–Crippen LogP) is 4.36. The molecule has 0 heterocycles. The van der Waals surface area contributed by atoms with E-state index in [4.69, 9.17) is 8.85 Å². The molecule has 0 aromatic heterocycles. The molecule has 0 amide bonds. The molecule has 19 heavy (non-hydrogen) atoms. The Hall–Kier alpha value is 0.157. The highest BCUT2D eigenvalue weighted by atomic mass is 32.2. The summed E-state index contributed by atoms with van der Waals surface area (Å²) in [5.74, 6) is 0.892. The lowest BCUT2D eigenvalue weighted by Gasteiger charge is -2.22. The molecule has 0 spiro atoms. The van der Waals surface area contributed by atoms with Crippen molar-refractivity contribution in [2.75, 3.05) is 20.0 Å². The highest BCUT2D eigenvalue weighted by Crippen LogP contribution is 2.18. The second-order valence-electron chi connectivity index (χ2n) is 5.03. The number of carbonyl (C=O) groups excluding carboxylic acids is 1. The molecular formula is C14H30O3SSi. The molecule has 0 aromatic carbocycles. The van der Waals surface area contributed by atoms with E-state index in [0.29, 0.717) is 5.12 Å². The maximum atomic E-state index is 11.7. The Morgan fingerprint density at radius 2 is 1.68 bits per heavy atom. The van der Waals surface area contributed by atoms with Crippen LogP contribution in [-0.2, 0) is 13.6 Å². The fraction of sp³-hybridized carbons (Fsp3) is 0.929. The Bertz CT molecular complexity index is 233. The van der Waals surface area contributed by atoms with Crippen molar-refractivity contribution in [2.45, 2.75) is 64.5 Å². The van der Waals surface area contributed by atoms with Gasteiger partial charge in [0.15, 0.2) is 5.12 Å². The van der Waals surface area contributed by atoms with Crippen molar-refractivity contribution in [2.24, 2.45) is 0 Å². The summed E-state index contributed by atoms with van der Waals surface area (Å²) in [6.07, 6.45) is 7.78. The molecule has 0 aromatic rings. The fourth-order valence-corrected chi connectivity index (χ4v) is 4.27. The van der Waals surface area contributed by atoms with Gasteiger partial charge in [-0.3, -0.25) is 4.79 Å². The Labute approximate surface area is 124 Å². The summed E-state index contributed by atoms with van der Waals surface area (Å²) in [4.78, 5) is 11.7. The zero-order chi connectivity index (χ0) is 14.6. The van der Waals surface area contributed by atoms with E-state index in [1.165, 1.54) is 37.4 Å². The van der Waals surface area contributed by atoms with Crippen LogP contribution < -0.4 is 0 Å². The minimum absolute atomic E-state index is 0.342. The summed E-state index contributed by atoms with van der Waals surface area (Å²) in [6.45, 7) is 4.27. The summed E-state index contributed by atoms with van der Waals surface area (Å²) in [6, 6.07) is 0.955. The molecular weight excluding hydrogens is 276 g/mol. The molecule has 0 aliphatic carbocycles. The van der Waals surface area contributed by atoms with E-state index < -0.39 is 8.56 Å². The average Bonchev–Trinajstić information content (AvgIpc) is 2.43. The first-order valence-corrected chi connectivity index (χ1v) is 10.8. The molecule has 0 bridgehead atoms. The molecule has 5 heteroatoms. The quantitative estimate of drug-likeness (QED) is 0.396. The lowest BCUT2D eigenvalue weighted by Crippen LogP contribution is -2.35. The normalized spacial score (nSPS) is 11.8. The molecule has 0 fully saturated rings. The molecule has 0 saturated carbocycles.